The Labute approximate surface area is 162 Å². The smallest absolute Gasteiger partial charge is 0.302 e. The zero-order chi connectivity index (χ0) is 19.3. The third-order valence-corrected chi connectivity index (χ3v) is 4.78. The van der Waals surface area contributed by atoms with E-state index in [1.54, 1.807) is 0 Å². The third kappa shape index (κ3) is 19.7. The Morgan fingerprint density at radius 1 is 0.769 bits per heavy atom. The quantitative estimate of drug-likeness (QED) is 0.221. The zero-order valence-electron chi connectivity index (χ0n) is 17.5. The molecule has 0 aromatic heterocycles. The maximum atomic E-state index is 10.7. The molecule has 0 saturated carbocycles. The lowest BCUT2D eigenvalue weighted by Crippen LogP contribution is -2.21. The van der Waals surface area contributed by atoms with Crippen LogP contribution in [0.1, 0.15) is 104 Å². The van der Waals surface area contributed by atoms with Crippen molar-refractivity contribution in [2.45, 2.75) is 104 Å². The van der Waals surface area contributed by atoms with Gasteiger partial charge in [0.15, 0.2) is 0 Å². The van der Waals surface area contributed by atoms with Gasteiger partial charge in [-0.25, -0.2) is 0 Å². The highest BCUT2D eigenvalue weighted by atomic mass is 16.5. The minimum atomic E-state index is -0.310. The summed E-state index contributed by atoms with van der Waals surface area (Å²) in [5.74, 6) is -0.416. The number of unbranched alkanes of at least 4 members (excludes halogenated alkanes) is 13. The molecule has 1 N–H and O–H groups in total. The van der Waals surface area contributed by atoms with Gasteiger partial charge in [-0.15, -0.1) is 0 Å². The molecule has 1 unspecified atom stereocenters. The molecule has 156 valence electrons. The number of hydrogen-bond acceptors (Lipinski definition) is 4. The fourth-order valence-electron chi connectivity index (χ4n) is 3.04. The molecule has 0 fully saturated rings. The molecule has 4 nitrogen and oxygen atoms in total. The summed E-state index contributed by atoms with van der Waals surface area (Å²) in [7, 11) is 0. The summed E-state index contributed by atoms with van der Waals surface area (Å²) in [6, 6.07) is 0. The van der Waals surface area contributed by atoms with Crippen LogP contribution in [0.15, 0.2) is 0 Å². The van der Waals surface area contributed by atoms with Gasteiger partial charge in [-0.1, -0.05) is 90.4 Å². The molecule has 4 heteroatoms. The van der Waals surface area contributed by atoms with E-state index in [0.29, 0.717) is 6.61 Å². The van der Waals surface area contributed by atoms with Crippen molar-refractivity contribution >= 4 is 5.97 Å². The van der Waals surface area contributed by atoms with E-state index in [1.165, 1.54) is 90.4 Å². The van der Waals surface area contributed by atoms with Gasteiger partial charge in [0, 0.05) is 19.4 Å². The lowest BCUT2D eigenvalue weighted by molar-refractivity contribution is -0.143. The molecular weight excluding hydrogens is 328 g/mol. The molecule has 0 heterocycles. The summed E-state index contributed by atoms with van der Waals surface area (Å²) in [6.45, 7) is 5.07. The molecule has 0 rings (SSSR count). The van der Waals surface area contributed by atoms with Gasteiger partial charge in [-0.2, -0.15) is 0 Å². The van der Waals surface area contributed by atoms with E-state index in [2.05, 4.69) is 6.92 Å². The number of ether oxygens (including phenoxy) is 2. The first-order chi connectivity index (χ1) is 12.7. The second kappa shape index (κ2) is 20.7. The number of aliphatic hydroxyl groups excluding tert-OH is 1. The summed E-state index contributed by atoms with van der Waals surface area (Å²) in [5.41, 5.74) is 0. The first-order valence-corrected chi connectivity index (χ1v) is 11.0. The van der Waals surface area contributed by atoms with E-state index in [9.17, 15) is 9.90 Å². The van der Waals surface area contributed by atoms with E-state index in [0.717, 1.165) is 13.0 Å². The molecule has 0 aromatic rings. The molecule has 0 aromatic carbocycles. The maximum absolute atomic E-state index is 10.7. The van der Waals surface area contributed by atoms with Crippen LogP contribution >= 0.6 is 0 Å². The summed E-state index contributed by atoms with van der Waals surface area (Å²) in [6.07, 6.45) is 18.9. The standard InChI is InChI=1S/C22H44O4/c1-3-4-5-6-7-8-9-10-11-12-13-14-15-16-17-25-19-22(18-23)20-26-21(2)24/h22-23H,3-20H2,1-2H3. The number of aliphatic hydroxyl groups is 1. The first kappa shape index (κ1) is 25.4. The molecule has 0 saturated heterocycles. The van der Waals surface area contributed by atoms with E-state index < -0.39 is 0 Å². The van der Waals surface area contributed by atoms with Gasteiger partial charge in [-0.3, -0.25) is 4.79 Å². The lowest BCUT2D eigenvalue weighted by Gasteiger charge is -2.14. The molecule has 0 aliphatic rings. The van der Waals surface area contributed by atoms with Gasteiger partial charge in [0.1, 0.15) is 0 Å². The summed E-state index contributed by atoms with van der Waals surface area (Å²) < 4.78 is 10.5. The van der Waals surface area contributed by atoms with Crippen molar-refractivity contribution in [3.63, 3.8) is 0 Å². The largest absolute Gasteiger partial charge is 0.465 e. The number of rotatable bonds is 20. The fraction of sp³-hybridized carbons (Fsp3) is 0.955. The average molecular weight is 373 g/mol. The number of carbonyl (C=O) groups is 1. The van der Waals surface area contributed by atoms with Gasteiger partial charge in [0.2, 0.25) is 0 Å². The normalized spacial score (nSPS) is 12.3. The molecule has 0 spiro atoms. The van der Waals surface area contributed by atoms with Crippen molar-refractivity contribution < 1.29 is 19.4 Å². The van der Waals surface area contributed by atoms with Crippen LogP contribution in [-0.4, -0.2) is 37.5 Å². The van der Waals surface area contributed by atoms with Crippen molar-refractivity contribution in [1.82, 2.24) is 0 Å². The molecule has 26 heavy (non-hydrogen) atoms. The van der Waals surface area contributed by atoms with Gasteiger partial charge in [-0.05, 0) is 6.42 Å². The van der Waals surface area contributed by atoms with Crippen molar-refractivity contribution in [1.29, 1.82) is 0 Å². The molecule has 0 amide bonds. The minimum Gasteiger partial charge on any atom is -0.465 e. The van der Waals surface area contributed by atoms with Gasteiger partial charge < -0.3 is 14.6 Å². The predicted molar refractivity (Wildman–Crippen MR) is 108 cm³/mol. The second-order valence-corrected chi connectivity index (χ2v) is 7.52. The van der Waals surface area contributed by atoms with Crippen LogP contribution in [0.4, 0.5) is 0 Å². The molecule has 0 bridgehead atoms. The second-order valence-electron chi connectivity index (χ2n) is 7.52. The topological polar surface area (TPSA) is 55.8 Å². The Kier molecular flexibility index (Phi) is 20.2. The molecule has 0 radical (unpaired) electrons. The average Bonchev–Trinajstić information content (AvgIpc) is 2.63. The Bertz CT molecular complexity index is 294. The van der Waals surface area contributed by atoms with Gasteiger partial charge in [0.05, 0.1) is 19.8 Å². The minimum absolute atomic E-state index is 0.00792. The Morgan fingerprint density at radius 2 is 1.23 bits per heavy atom. The van der Waals surface area contributed by atoms with Crippen LogP contribution < -0.4 is 0 Å². The monoisotopic (exact) mass is 372 g/mol. The maximum Gasteiger partial charge on any atom is 0.302 e. The van der Waals surface area contributed by atoms with E-state index in [-0.39, 0.29) is 25.1 Å². The van der Waals surface area contributed by atoms with Crippen molar-refractivity contribution in [3.8, 4) is 0 Å². The molecule has 0 aliphatic heterocycles. The van der Waals surface area contributed by atoms with Crippen LogP contribution in [-0.2, 0) is 14.3 Å². The highest BCUT2D eigenvalue weighted by Gasteiger charge is 2.09. The van der Waals surface area contributed by atoms with Crippen molar-refractivity contribution in [2.75, 3.05) is 26.4 Å². The molecule has 0 aliphatic carbocycles. The summed E-state index contributed by atoms with van der Waals surface area (Å²) in [5, 5.41) is 9.19. The predicted octanol–water partition coefficient (Wildman–Crippen LogP) is 5.66. The fourth-order valence-corrected chi connectivity index (χ4v) is 3.04. The lowest BCUT2D eigenvalue weighted by atomic mass is 10.0. The number of esters is 1. The summed E-state index contributed by atoms with van der Waals surface area (Å²) in [4.78, 5) is 10.7. The van der Waals surface area contributed by atoms with Crippen LogP contribution in [0.3, 0.4) is 0 Å². The SMILES string of the molecule is CCCCCCCCCCCCCCCCOCC(CO)COC(C)=O. The third-order valence-electron chi connectivity index (χ3n) is 4.78. The highest BCUT2D eigenvalue weighted by molar-refractivity contribution is 5.65. The van der Waals surface area contributed by atoms with Crippen LogP contribution in [0, 0.1) is 5.92 Å². The zero-order valence-corrected chi connectivity index (χ0v) is 17.5. The first-order valence-electron chi connectivity index (χ1n) is 11.0. The van der Waals surface area contributed by atoms with Crippen LogP contribution in [0.5, 0.6) is 0 Å². The molecular formula is C22H44O4. The Balaban J connectivity index is 3.18. The Morgan fingerprint density at radius 3 is 1.65 bits per heavy atom. The van der Waals surface area contributed by atoms with Gasteiger partial charge >= 0.3 is 5.97 Å². The summed E-state index contributed by atoms with van der Waals surface area (Å²) >= 11 is 0. The highest BCUT2D eigenvalue weighted by Crippen LogP contribution is 2.13. The van der Waals surface area contributed by atoms with E-state index >= 15 is 0 Å². The van der Waals surface area contributed by atoms with E-state index in [1.807, 2.05) is 0 Å². The molecule has 1 atom stereocenters. The van der Waals surface area contributed by atoms with E-state index in [4.69, 9.17) is 9.47 Å². The van der Waals surface area contributed by atoms with Crippen molar-refractivity contribution in [3.05, 3.63) is 0 Å². The van der Waals surface area contributed by atoms with Crippen LogP contribution in [0.2, 0.25) is 0 Å². The van der Waals surface area contributed by atoms with Crippen molar-refractivity contribution in [2.24, 2.45) is 5.92 Å². The van der Waals surface area contributed by atoms with Crippen LogP contribution in [0.25, 0.3) is 0 Å². The number of carbonyl (C=O) groups excluding carboxylic acids is 1. The van der Waals surface area contributed by atoms with Gasteiger partial charge in [0.25, 0.3) is 0 Å². The Hall–Kier alpha value is -0.610. The number of hydrogen-bond donors (Lipinski definition) is 1.